The van der Waals surface area contributed by atoms with Gasteiger partial charge in [-0.1, -0.05) is 66.7 Å². The number of aliphatic imine (C=N–C) groups is 1. The Labute approximate surface area is 275 Å². The van der Waals surface area contributed by atoms with Crippen molar-refractivity contribution in [2.45, 2.75) is 24.5 Å². The normalized spacial score (nSPS) is 15.3. The van der Waals surface area contributed by atoms with E-state index in [-0.39, 0.29) is 24.3 Å². The maximum atomic E-state index is 12.2. The smallest absolute Gasteiger partial charge is 0.341 e. The van der Waals surface area contributed by atoms with Crippen LogP contribution in [0.4, 0.5) is 5.69 Å². The molecule has 0 amide bonds. The van der Waals surface area contributed by atoms with Crippen LogP contribution in [0.2, 0.25) is 0 Å². The first-order valence-corrected chi connectivity index (χ1v) is 15.2. The minimum atomic E-state index is -0.970. The van der Waals surface area contributed by atoms with Crippen molar-refractivity contribution in [1.29, 1.82) is 0 Å². The number of nitrogens with one attached hydrogen (secondary N) is 1. The van der Waals surface area contributed by atoms with Crippen molar-refractivity contribution in [1.82, 2.24) is 9.97 Å². The van der Waals surface area contributed by atoms with Crippen LogP contribution in [0, 0.1) is 0 Å². The summed E-state index contributed by atoms with van der Waals surface area (Å²) < 4.78 is 9.97. The Balaban J connectivity index is 0.000000167. The lowest BCUT2D eigenvalue weighted by Gasteiger charge is -2.23. The second kappa shape index (κ2) is 13.7. The molecule has 1 aliphatic rings. The van der Waals surface area contributed by atoms with Gasteiger partial charge in [0.15, 0.2) is 0 Å². The second-order valence-corrected chi connectivity index (χ2v) is 11.3. The quantitative estimate of drug-likeness (QED) is 0.132. The lowest BCUT2D eigenvalue weighted by Crippen LogP contribution is -2.41. The molecule has 1 aliphatic heterocycles. The lowest BCUT2D eigenvalue weighted by molar-refractivity contribution is -0.146. The number of aldehydes is 1. The van der Waals surface area contributed by atoms with Gasteiger partial charge in [-0.3, -0.25) is 14.8 Å². The number of rotatable bonds is 8. The number of carbonyl (C=O) groups is 3. The average Bonchev–Trinajstić information content (AvgIpc) is 3.70. The fraction of sp³-hybridized carbons (Fsp3) is 0.132. The Morgan fingerprint density at radius 2 is 1.71 bits per heavy atom. The topological polar surface area (TPSA) is 157 Å². The molecule has 3 heterocycles. The predicted octanol–water partition coefficient (Wildman–Crippen LogP) is 6.18. The van der Waals surface area contributed by atoms with Gasteiger partial charge in [-0.2, -0.15) is 0 Å². The molecule has 0 fully saturated rings. The first-order valence-electron chi connectivity index (χ1n) is 15.2. The minimum absolute atomic E-state index is 0.116. The number of aromatic amines is 1. The zero-order chi connectivity index (χ0) is 33.7. The molecule has 10 heteroatoms. The number of pyridine rings is 1. The number of hydrogen-bond donors (Lipinski definition) is 3. The van der Waals surface area contributed by atoms with Crippen LogP contribution >= 0.6 is 0 Å². The molecule has 0 bridgehead atoms. The van der Waals surface area contributed by atoms with E-state index in [0.717, 1.165) is 50.5 Å². The number of nitrogens with two attached hydrogens (primary N) is 1. The number of esters is 2. The second-order valence-electron chi connectivity index (χ2n) is 11.3. The van der Waals surface area contributed by atoms with Crippen LogP contribution in [0.15, 0.2) is 114 Å². The Kier molecular flexibility index (Phi) is 9.08. The molecule has 48 heavy (non-hydrogen) atoms. The Morgan fingerprint density at radius 1 is 0.958 bits per heavy atom. The third-order valence-corrected chi connectivity index (χ3v) is 8.24. The van der Waals surface area contributed by atoms with Crippen LogP contribution < -0.4 is 5.73 Å². The van der Waals surface area contributed by atoms with E-state index in [1.54, 1.807) is 24.5 Å². The van der Waals surface area contributed by atoms with Crippen molar-refractivity contribution in [3.8, 4) is 17.0 Å². The van der Waals surface area contributed by atoms with Gasteiger partial charge >= 0.3 is 11.9 Å². The highest BCUT2D eigenvalue weighted by molar-refractivity contribution is 6.11. The molecular weight excluding hydrogens is 608 g/mol. The van der Waals surface area contributed by atoms with Crippen LogP contribution in [0.1, 0.15) is 27.9 Å². The van der Waals surface area contributed by atoms with E-state index in [2.05, 4.69) is 21.0 Å². The predicted molar refractivity (Wildman–Crippen MR) is 183 cm³/mol. The standard InChI is InChI=1S/C19H14N2O3.C19H18N2O3/c1-24-19(23)14-10-11(6-7-16(14)22)17-18-13(8-9-20-17)12-4-2-3-5-15(12)21-18;20-16(18(23)24-11-14-6-2-1-3-7-14)10-19(13-22)12-21-17-9-5-4-8-15(17)19/h2-10,21-22H,1H3;1-9,12-13,16H,10-11,20H2. The van der Waals surface area contributed by atoms with E-state index in [4.69, 9.17) is 15.2 Å². The summed E-state index contributed by atoms with van der Waals surface area (Å²) in [5.41, 5.74) is 10.9. The van der Waals surface area contributed by atoms with Gasteiger partial charge in [0.1, 0.15) is 30.2 Å². The summed E-state index contributed by atoms with van der Waals surface area (Å²) >= 11 is 0. The van der Waals surface area contributed by atoms with Crippen LogP contribution in [-0.2, 0) is 31.1 Å². The summed E-state index contributed by atoms with van der Waals surface area (Å²) in [6, 6.07) is 30.6. The SMILES string of the molecule is COC(=O)c1cc(-c2nccc3c2[nH]c2ccccc23)ccc1O.NC(CC1(C=O)C=Nc2ccccc21)C(=O)OCc1ccccc1. The lowest BCUT2D eigenvalue weighted by atomic mass is 9.78. The zero-order valence-electron chi connectivity index (χ0n) is 26.0. The summed E-state index contributed by atoms with van der Waals surface area (Å²) in [4.78, 5) is 47.8. The van der Waals surface area contributed by atoms with Gasteiger partial charge in [-0.15, -0.1) is 0 Å². The summed E-state index contributed by atoms with van der Waals surface area (Å²) in [5.74, 6) is -1.23. The number of benzene rings is 4. The molecule has 4 aromatic carbocycles. The molecular formula is C38H32N4O6. The molecule has 0 saturated heterocycles. The van der Waals surface area contributed by atoms with Crippen molar-refractivity contribution in [3.63, 3.8) is 0 Å². The zero-order valence-corrected chi connectivity index (χ0v) is 26.0. The van der Waals surface area contributed by atoms with Crippen molar-refractivity contribution in [3.05, 3.63) is 126 Å². The average molecular weight is 641 g/mol. The van der Waals surface area contributed by atoms with Crippen molar-refractivity contribution < 1.29 is 29.0 Å². The summed E-state index contributed by atoms with van der Waals surface area (Å²) in [7, 11) is 1.28. The first-order chi connectivity index (χ1) is 23.3. The fourth-order valence-electron chi connectivity index (χ4n) is 5.77. The van der Waals surface area contributed by atoms with Crippen LogP contribution in [0.25, 0.3) is 33.1 Å². The highest BCUT2D eigenvalue weighted by atomic mass is 16.5. The molecule has 0 radical (unpaired) electrons. The van der Waals surface area contributed by atoms with E-state index in [1.807, 2.05) is 78.9 Å². The highest BCUT2D eigenvalue weighted by Crippen LogP contribution is 2.38. The molecule has 2 unspecified atom stereocenters. The summed E-state index contributed by atoms with van der Waals surface area (Å²) in [6.07, 6.45) is 4.23. The Morgan fingerprint density at radius 3 is 2.50 bits per heavy atom. The number of hydrogen-bond acceptors (Lipinski definition) is 9. The number of para-hydroxylation sites is 2. The van der Waals surface area contributed by atoms with Gasteiger partial charge in [-0.05, 0) is 53.9 Å². The number of methoxy groups -OCH3 is 1. The number of nitrogens with zero attached hydrogens (tertiary/aromatic N) is 2. The van der Waals surface area contributed by atoms with Gasteiger partial charge in [0.2, 0.25) is 0 Å². The van der Waals surface area contributed by atoms with Crippen molar-refractivity contribution in [2.75, 3.05) is 7.11 Å². The maximum absolute atomic E-state index is 12.2. The summed E-state index contributed by atoms with van der Waals surface area (Å²) in [6.45, 7) is 0.159. The number of aromatic hydroxyl groups is 1. The molecule has 0 saturated carbocycles. The van der Waals surface area contributed by atoms with Crippen LogP contribution in [0.5, 0.6) is 5.75 Å². The highest BCUT2D eigenvalue weighted by Gasteiger charge is 2.39. The van der Waals surface area contributed by atoms with E-state index >= 15 is 0 Å². The van der Waals surface area contributed by atoms with Crippen molar-refractivity contribution >= 4 is 51.9 Å². The maximum Gasteiger partial charge on any atom is 0.341 e. The van der Waals surface area contributed by atoms with Gasteiger partial charge in [0.05, 0.1) is 29.4 Å². The van der Waals surface area contributed by atoms with Gasteiger partial charge in [-0.25, -0.2) is 4.79 Å². The third kappa shape index (κ3) is 6.29. The summed E-state index contributed by atoms with van der Waals surface area (Å²) in [5, 5.41) is 12.1. The van der Waals surface area contributed by atoms with E-state index < -0.39 is 23.4 Å². The third-order valence-electron chi connectivity index (χ3n) is 8.24. The van der Waals surface area contributed by atoms with E-state index in [0.29, 0.717) is 5.69 Å². The molecule has 2 atom stereocenters. The van der Waals surface area contributed by atoms with Crippen molar-refractivity contribution in [2.24, 2.45) is 10.7 Å². The monoisotopic (exact) mass is 640 g/mol. The molecule has 4 N–H and O–H groups in total. The van der Waals surface area contributed by atoms with Crippen LogP contribution in [0.3, 0.4) is 0 Å². The first kappa shape index (κ1) is 31.8. The number of phenols is 1. The number of aromatic nitrogens is 2. The van der Waals surface area contributed by atoms with E-state index in [9.17, 15) is 19.5 Å². The van der Waals surface area contributed by atoms with Gasteiger partial charge < -0.3 is 30.1 Å². The number of H-pyrrole nitrogens is 1. The molecule has 0 aliphatic carbocycles. The molecule has 2 aromatic heterocycles. The largest absolute Gasteiger partial charge is 0.507 e. The molecule has 0 spiro atoms. The van der Waals surface area contributed by atoms with Crippen LogP contribution in [-0.4, -0.2) is 52.7 Å². The molecule has 7 rings (SSSR count). The fourth-order valence-corrected chi connectivity index (χ4v) is 5.77. The number of fused-ring (bicyclic) bond motifs is 4. The number of phenolic OH excluding ortho intramolecular Hbond substituents is 1. The van der Waals surface area contributed by atoms with Gasteiger partial charge in [0, 0.05) is 34.3 Å². The molecule has 10 nitrogen and oxygen atoms in total. The molecule has 6 aromatic rings. The van der Waals surface area contributed by atoms with E-state index in [1.165, 1.54) is 13.2 Å². The number of ether oxygens (including phenoxy) is 2. The Bertz CT molecular complexity index is 2160. The molecule has 240 valence electrons. The number of carbonyl (C=O) groups excluding carboxylic acids is 3. The minimum Gasteiger partial charge on any atom is -0.507 e. The Hall–Kier alpha value is -6.13. The van der Waals surface area contributed by atoms with Gasteiger partial charge in [0.25, 0.3) is 0 Å².